The Morgan fingerprint density at radius 2 is 2.13 bits per heavy atom. The Balaban J connectivity index is 2.03. The number of hydrogen-bond donors (Lipinski definition) is 1. The predicted octanol–water partition coefficient (Wildman–Crippen LogP) is 1.85. The molecule has 0 fully saturated rings. The zero-order valence-corrected chi connectivity index (χ0v) is 9.05. The average molecular weight is 217 g/mol. The molecule has 76 valence electrons. The van der Waals surface area contributed by atoms with Gasteiger partial charge in [0.2, 0.25) is 0 Å². The first-order valence-electron chi connectivity index (χ1n) is 5.03. The summed E-state index contributed by atoms with van der Waals surface area (Å²) in [4.78, 5) is 10.1. The summed E-state index contributed by atoms with van der Waals surface area (Å²) in [6.07, 6.45) is 4.74. The smallest absolute Gasteiger partial charge is 0.124 e. The van der Waals surface area contributed by atoms with Gasteiger partial charge in [0.05, 0.1) is 5.69 Å². The summed E-state index contributed by atoms with van der Waals surface area (Å²) in [6, 6.07) is 4.02. The van der Waals surface area contributed by atoms with E-state index in [0.29, 0.717) is 0 Å². The molecule has 3 rings (SSSR count). The van der Waals surface area contributed by atoms with E-state index in [1.807, 2.05) is 35.9 Å². The lowest BCUT2D eigenvalue weighted by atomic mass is 10.2. The lowest BCUT2D eigenvalue weighted by molar-refractivity contribution is 0.639. The molecule has 0 atom stereocenters. The number of nitrogens with zero attached hydrogens (tertiary/aromatic N) is 2. The Kier molecular flexibility index (Phi) is 2.23. The molecule has 0 aromatic carbocycles. The molecule has 0 bridgehead atoms. The minimum Gasteiger partial charge on any atom is -0.311 e. The van der Waals surface area contributed by atoms with E-state index in [-0.39, 0.29) is 0 Å². The van der Waals surface area contributed by atoms with Gasteiger partial charge in [0.15, 0.2) is 0 Å². The third kappa shape index (κ3) is 1.66. The van der Waals surface area contributed by atoms with Crippen molar-refractivity contribution < 1.29 is 0 Å². The average Bonchev–Trinajstić information content (AvgIpc) is 2.74. The zero-order valence-electron chi connectivity index (χ0n) is 8.23. The van der Waals surface area contributed by atoms with Gasteiger partial charge in [-0.1, -0.05) is 0 Å². The molecule has 0 saturated heterocycles. The van der Waals surface area contributed by atoms with Gasteiger partial charge in [0, 0.05) is 35.9 Å². The zero-order chi connectivity index (χ0) is 10.1. The van der Waals surface area contributed by atoms with Crippen molar-refractivity contribution in [3.63, 3.8) is 0 Å². The predicted molar refractivity (Wildman–Crippen MR) is 60.8 cm³/mol. The number of aromatic nitrogens is 2. The van der Waals surface area contributed by atoms with Crippen LogP contribution in [0.15, 0.2) is 24.5 Å². The van der Waals surface area contributed by atoms with Crippen LogP contribution in [0.25, 0.3) is 10.6 Å². The molecule has 0 spiro atoms. The lowest BCUT2D eigenvalue weighted by Crippen LogP contribution is -2.22. The maximum absolute atomic E-state index is 4.65. The fourth-order valence-electron chi connectivity index (χ4n) is 1.74. The van der Waals surface area contributed by atoms with E-state index in [4.69, 9.17) is 0 Å². The Morgan fingerprint density at radius 1 is 1.27 bits per heavy atom. The summed E-state index contributed by atoms with van der Waals surface area (Å²) in [6.45, 7) is 1.99. The van der Waals surface area contributed by atoms with Gasteiger partial charge in [0.25, 0.3) is 0 Å². The summed E-state index contributed by atoms with van der Waals surface area (Å²) >= 11 is 1.81. The van der Waals surface area contributed by atoms with Gasteiger partial charge >= 0.3 is 0 Å². The van der Waals surface area contributed by atoms with Crippen LogP contribution >= 0.6 is 11.3 Å². The maximum Gasteiger partial charge on any atom is 0.124 e. The molecule has 3 heterocycles. The highest BCUT2D eigenvalue weighted by Crippen LogP contribution is 2.29. The van der Waals surface area contributed by atoms with Gasteiger partial charge in [-0.2, -0.15) is 0 Å². The summed E-state index contributed by atoms with van der Waals surface area (Å²) in [7, 11) is 0. The molecular formula is C11H11N3S. The van der Waals surface area contributed by atoms with Gasteiger partial charge in [-0.25, -0.2) is 4.98 Å². The van der Waals surface area contributed by atoms with E-state index >= 15 is 0 Å². The fourth-order valence-corrected chi connectivity index (χ4v) is 2.83. The number of pyridine rings is 1. The number of nitrogens with one attached hydrogen (secondary N) is 1. The quantitative estimate of drug-likeness (QED) is 0.792. The molecule has 1 aliphatic heterocycles. The molecule has 2 aromatic heterocycles. The molecule has 0 radical (unpaired) electrons. The van der Waals surface area contributed by atoms with E-state index in [0.717, 1.165) is 24.5 Å². The second kappa shape index (κ2) is 3.72. The van der Waals surface area contributed by atoms with Crippen molar-refractivity contribution in [2.24, 2.45) is 0 Å². The van der Waals surface area contributed by atoms with Crippen LogP contribution in [0, 0.1) is 0 Å². The Bertz CT molecular complexity index is 440. The molecular weight excluding hydrogens is 206 g/mol. The van der Waals surface area contributed by atoms with Crippen LogP contribution in [0.5, 0.6) is 0 Å². The molecule has 0 saturated carbocycles. The van der Waals surface area contributed by atoms with Crippen LogP contribution in [0.2, 0.25) is 0 Å². The fraction of sp³-hybridized carbons (Fsp3) is 0.273. The summed E-state index contributed by atoms with van der Waals surface area (Å²) in [5.74, 6) is 0. The Hall–Kier alpha value is -1.26. The number of hydrogen-bond acceptors (Lipinski definition) is 4. The molecule has 1 N–H and O–H groups in total. The molecule has 3 nitrogen and oxygen atoms in total. The summed E-state index contributed by atoms with van der Waals surface area (Å²) < 4.78 is 0. The van der Waals surface area contributed by atoms with Crippen molar-refractivity contribution in [1.29, 1.82) is 0 Å². The van der Waals surface area contributed by atoms with Crippen molar-refractivity contribution in [2.45, 2.75) is 13.0 Å². The standard InChI is InChI=1S/C11H11N3S/c1-4-12-5-2-8(1)11-14-9-7-13-6-3-10(9)15-11/h1-2,4-5,13H,3,6-7H2. The van der Waals surface area contributed by atoms with Gasteiger partial charge in [-0.05, 0) is 18.6 Å². The topological polar surface area (TPSA) is 37.8 Å². The van der Waals surface area contributed by atoms with Crippen LogP contribution in [0.3, 0.4) is 0 Å². The molecule has 1 aliphatic rings. The van der Waals surface area contributed by atoms with Gasteiger partial charge in [0.1, 0.15) is 5.01 Å². The Morgan fingerprint density at radius 3 is 2.93 bits per heavy atom. The second-order valence-electron chi connectivity index (χ2n) is 3.55. The van der Waals surface area contributed by atoms with E-state index in [2.05, 4.69) is 15.3 Å². The largest absolute Gasteiger partial charge is 0.311 e. The normalized spacial score (nSPS) is 14.9. The van der Waals surface area contributed by atoms with Crippen LogP contribution in [-0.2, 0) is 13.0 Å². The van der Waals surface area contributed by atoms with Crippen LogP contribution < -0.4 is 5.32 Å². The maximum atomic E-state index is 4.65. The first kappa shape index (κ1) is 9.00. The van der Waals surface area contributed by atoms with Gasteiger partial charge < -0.3 is 5.32 Å². The number of thiazole rings is 1. The lowest BCUT2D eigenvalue weighted by Gasteiger charge is -2.09. The second-order valence-corrected chi connectivity index (χ2v) is 4.64. The van der Waals surface area contributed by atoms with Crippen LogP contribution in [0.4, 0.5) is 0 Å². The first-order chi connectivity index (χ1) is 7.43. The summed E-state index contributed by atoms with van der Waals surface area (Å²) in [5, 5.41) is 4.45. The highest BCUT2D eigenvalue weighted by atomic mass is 32.1. The molecule has 2 aromatic rings. The van der Waals surface area contributed by atoms with Gasteiger partial charge in [-0.3, -0.25) is 4.98 Å². The number of fused-ring (bicyclic) bond motifs is 1. The molecule has 0 amide bonds. The van der Waals surface area contributed by atoms with Crippen molar-refractivity contribution in [2.75, 3.05) is 6.54 Å². The van der Waals surface area contributed by atoms with Crippen LogP contribution in [0.1, 0.15) is 10.6 Å². The SMILES string of the molecule is c1cc(-c2nc3c(s2)CCNC3)ccn1. The van der Waals surface area contributed by atoms with Crippen molar-refractivity contribution in [1.82, 2.24) is 15.3 Å². The molecule has 15 heavy (non-hydrogen) atoms. The third-order valence-corrected chi connectivity index (χ3v) is 3.73. The van der Waals surface area contributed by atoms with E-state index in [1.54, 1.807) is 0 Å². The van der Waals surface area contributed by atoms with Crippen molar-refractivity contribution in [3.05, 3.63) is 35.1 Å². The third-order valence-electron chi connectivity index (χ3n) is 2.53. The monoisotopic (exact) mass is 217 g/mol. The Labute approximate surface area is 92.2 Å². The minimum atomic E-state index is 0.914. The van der Waals surface area contributed by atoms with Crippen LogP contribution in [-0.4, -0.2) is 16.5 Å². The highest BCUT2D eigenvalue weighted by molar-refractivity contribution is 7.15. The van der Waals surface area contributed by atoms with E-state index < -0.39 is 0 Å². The number of rotatable bonds is 1. The van der Waals surface area contributed by atoms with Gasteiger partial charge in [-0.15, -0.1) is 11.3 Å². The first-order valence-corrected chi connectivity index (χ1v) is 5.85. The molecule has 4 heteroatoms. The minimum absolute atomic E-state index is 0.914. The highest BCUT2D eigenvalue weighted by Gasteiger charge is 2.15. The van der Waals surface area contributed by atoms with E-state index in [1.165, 1.54) is 16.1 Å². The summed E-state index contributed by atoms with van der Waals surface area (Å²) in [5.41, 5.74) is 2.39. The van der Waals surface area contributed by atoms with E-state index in [9.17, 15) is 0 Å². The molecule has 0 aliphatic carbocycles. The van der Waals surface area contributed by atoms with Crippen molar-refractivity contribution in [3.8, 4) is 10.6 Å². The molecule has 0 unspecified atom stereocenters. The van der Waals surface area contributed by atoms with Crippen molar-refractivity contribution >= 4 is 11.3 Å².